The maximum absolute atomic E-state index is 14.3. The summed E-state index contributed by atoms with van der Waals surface area (Å²) in [6, 6.07) is 7.33. The molecule has 1 N–H and O–H groups in total. The third-order valence-electron chi connectivity index (χ3n) is 3.19. The van der Waals surface area contributed by atoms with Crippen molar-refractivity contribution >= 4 is 0 Å². The van der Waals surface area contributed by atoms with Gasteiger partial charge in [-0.3, -0.25) is 0 Å². The van der Waals surface area contributed by atoms with Crippen molar-refractivity contribution in [2.24, 2.45) is 0 Å². The van der Waals surface area contributed by atoms with Gasteiger partial charge in [0.2, 0.25) is 0 Å². The van der Waals surface area contributed by atoms with Crippen LogP contribution in [0.5, 0.6) is 5.75 Å². The topological polar surface area (TPSA) is 21.3 Å². The van der Waals surface area contributed by atoms with Crippen molar-refractivity contribution in [2.75, 3.05) is 13.2 Å². The quantitative estimate of drug-likeness (QED) is 0.868. The Morgan fingerprint density at radius 2 is 2.35 bits per heavy atom. The second-order valence-corrected chi connectivity index (χ2v) is 4.46. The lowest BCUT2D eigenvalue weighted by Gasteiger charge is -2.26. The fourth-order valence-corrected chi connectivity index (χ4v) is 2.30. The fraction of sp³-hybridized carbons (Fsp3) is 0.571. The lowest BCUT2D eigenvalue weighted by Crippen LogP contribution is -2.37. The van der Waals surface area contributed by atoms with Gasteiger partial charge in [0, 0.05) is 6.04 Å². The number of hydrogen-bond acceptors (Lipinski definition) is 2. The summed E-state index contributed by atoms with van der Waals surface area (Å²) >= 11 is 0. The van der Waals surface area contributed by atoms with Crippen LogP contribution in [0.3, 0.4) is 0 Å². The average molecular weight is 237 g/mol. The molecule has 1 aliphatic heterocycles. The molecule has 2 unspecified atom stereocenters. The molecule has 1 fully saturated rings. The van der Waals surface area contributed by atoms with E-state index in [0.717, 1.165) is 37.1 Å². The van der Waals surface area contributed by atoms with Crippen LogP contribution < -0.4 is 10.1 Å². The largest absolute Gasteiger partial charge is 0.494 e. The van der Waals surface area contributed by atoms with Crippen molar-refractivity contribution in [3.63, 3.8) is 0 Å². The highest BCUT2D eigenvalue weighted by Gasteiger charge is 2.24. The van der Waals surface area contributed by atoms with Gasteiger partial charge < -0.3 is 10.1 Å². The van der Waals surface area contributed by atoms with Crippen molar-refractivity contribution in [1.29, 1.82) is 0 Å². The minimum Gasteiger partial charge on any atom is -0.494 e. The molecule has 1 aromatic carbocycles. The predicted molar refractivity (Wildman–Crippen MR) is 67.1 cm³/mol. The van der Waals surface area contributed by atoms with Gasteiger partial charge in [0.1, 0.15) is 11.9 Å². The molecule has 1 aromatic rings. The molecule has 1 heterocycles. The zero-order valence-electron chi connectivity index (χ0n) is 10.3. The maximum Gasteiger partial charge on any atom is 0.140 e. The van der Waals surface area contributed by atoms with Crippen molar-refractivity contribution in [1.82, 2.24) is 5.32 Å². The fourth-order valence-electron chi connectivity index (χ4n) is 2.30. The van der Waals surface area contributed by atoms with Gasteiger partial charge in [-0.2, -0.15) is 0 Å². The molecule has 0 saturated carbocycles. The first kappa shape index (κ1) is 12.4. The summed E-state index contributed by atoms with van der Waals surface area (Å²) in [5, 5.41) is 3.25. The van der Waals surface area contributed by atoms with E-state index in [-0.39, 0.29) is 6.04 Å². The lowest BCUT2D eigenvalue weighted by molar-refractivity contribution is 0.220. The second-order valence-electron chi connectivity index (χ2n) is 4.46. The third-order valence-corrected chi connectivity index (χ3v) is 3.19. The van der Waals surface area contributed by atoms with Crippen LogP contribution in [-0.4, -0.2) is 19.2 Å². The molecule has 3 heteroatoms. The van der Waals surface area contributed by atoms with Crippen LogP contribution in [0.15, 0.2) is 24.3 Å². The van der Waals surface area contributed by atoms with Gasteiger partial charge >= 0.3 is 0 Å². The van der Waals surface area contributed by atoms with Crippen LogP contribution in [-0.2, 0) is 0 Å². The molecule has 1 saturated heterocycles. The molecular formula is C14H20FNO. The minimum atomic E-state index is -0.935. The first-order valence-corrected chi connectivity index (χ1v) is 6.41. The number of hydrogen-bond donors (Lipinski definition) is 1. The number of ether oxygens (including phenoxy) is 1. The third kappa shape index (κ3) is 3.19. The summed E-state index contributed by atoms with van der Waals surface area (Å²) in [5.41, 5.74) is 0.718. The van der Waals surface area contributed by atoms with Gasteiger partial charge in [-0.15, -0.1) is 0 Å². The Kier molecular flexibility index (Phi) is 4.37. The van der Waals surface area contributed by atoms with Crippen LogP contribution in [0, 0.1) is 0 Å². The van der Waals surface area contributed by atoms with Crippen LogP contribution in [0.25, 0.3) is 0 Å². The van der Waals surface area contributed by atoms with Crippen LogP contribution in [0.4, 0.5) is 4.39 Å². The van der Waals surface area contributed by atoms with E-state index < -0.39 is 6.17 Å². The minimum absolute atomic E-state index is 0.0411. The van der Waals surface area contributed by atoms with E-state index in [1.54, 1.807) is 0 Å². The molecule has 0 bridgehead atoms. The second kappa shape index (κ2) is 6.01. The van der Waals surface area contributed by atoms with Gasteiger partial charge in [-0.25, -0.2) is 4.39 Å². The summed E-state index contributed by atoms with van der Waals surface area (Å²) in [5.74, 6) is 0.753. The SMILES string of the molecule is CCOc1cccc(C(F)C2CCCCN2)c1. The standard InChI is InChI=1S/C14H20FNO/c1-2-17-12-7-5-6-11(10-12)14(15)13-8-3-4-9-16-13/h5-7,10,13-14,16H,2-4,8-9H2,1H3. The summed E-state index contributed by atoms with van der Waals surface area (Å²) < 4.78 is 19.7. The number of rotatable bonds is 4. The monoisotopic (exact) mass is 237 g/mol. The molecule has 0 spiro atoms. The highest BCUT2D eigenvalue weighted by atomic mass is 19.1. The van der Waals surface area contributed by atoms with E-state index >= 15 is 0 Å². The normalized spacial score (nSPS) is 22.1. The molecule has 1 aliphatic rings. The molecular weight excluding hydrogens is 217 g/mol. The molecule has 94 valence electrons. The number of nitrogens with one attached hydrogen (secondary N) is 1. The van der Waals surface area contributed by atoms with Gasteiger partial charge in [0.15, 0.2) is 0 Å². The first-order valence-electron chi connectivity index (χ1n) is 6.41. The van der Waals surface area contributed by atoms with Crippen molar-refractivity contribution in [2.45, 2.75) is 38.4 Å². The van der Waals surface area contributed by atoms with Crippen LogP contribution >= 0.6 is 0 Å². The Morgan fingerprint density at radius 3 is 3.06 bits per heavy atom. The van der Waals surface area contributed by atoms with Gasteiger partial charge in [0.05, 0.1) is 6.61 Å². The Labute approximate surface area is 102 Å². The van der Waals surface area contributed by atoms with Crippen LogP contribution in [0.1, 0.15) is 37.9 Å². The zero-order chi connectivity index (χ0) is 12.1. The highest BCUT2D eigenvalue weighted by molar-refractivity contribution is 5.30. The lowest BCUT2D eigenvalue weighted by atomic mass is 9.96. The summed E-state index contributed by atoms with van der Waals surface area (Å²) in [7, 11) is 0. The molecule has 2 nitrogen and oxygen atoms in total. The maximum atomic E-state index is 14.3. The van der Waals surface area contributed by atoms with Gasteiger partial charge in [-0.1, -0.05) is 18.6 Å². The molecule has 0 radical (unpaired) electrons. The Hall–Kier alpha value is -1.09. The van der Waals surface area contributed by atoms with Crippen molar-refractivity contribution < 1.29 is 9.13 Å². The van der Waals surface area contributed by atoms with E-state index in [9.17, 15) is 4.39 Å². The Morgan fingerprint density at radius 1 is 1.47 bits per heavy atom. The van der Waals surface area contributed by atoms with E-state index in [1.807, 2.05) is 31.2 Å². The summed E-state index contributed by atoms with van der Waals surface area (Å²) in [6.45, 7) is 3.47. The molecule has 2 atom stereocenters. The summed E-state index contributed by atoms with van der Waals surface area (Å²) in [6.07, 6.45) is 2.25. The summed E-state index contributed by atoms with van der Waals surface area (Å²) in [4.78, 5) is 0. The van der Waals surface area contributed by atoms with Crippen molar-refractivity contribution in [3.8, 4) is 5.75 Å². The van der Waals surface area contributed by atoms with Crippen LogP contribution in [0.2, 0.25) is 0 Å². The molecule has 0 aromatic heterocycles. The van der Waals surface area contributed by atoms with Gasteiger partial charge in [0.25, 0.3) is 0 Å². The predicted octanol–water partition coefficient (Wildman–Crippen LogP) is 3.24. The molecule has 2 rings (SSSR count). The number of benzene rings is 1. The Balaban J connectivity index is 2.06. The van der Waals surface area contributed by atoms with E-state index in [0.29, 0.717) is 6.61 Å². The molecule has 0 aliphatic carbocycles. The molecule has 0 amide bonds. The van der Waals surface area contributed by atoms with E-state index in [4.69, 9.17) is 4.74 Å². The Bertz CT molecular complexity index is 350. The molecule has 17 heavy (non-hydrogen) atoms. The van der Waals surface area contributed by atoms with Crippen molar-refractivity contribution in [3.05, 3.63) is 29.8 Å². The first-order chi connectivity index (χ1) is 8.31. The highest BCUT2D eigenvalue weighted by Crippen LogP contribution is 2.28. The van der Waals surface area contributed by atoms with Gasteiger partial charge in [-0.05, 0) is 44.0 Å². The zero-order valence-corrected chi connectivity index (χ0v) is 10.3. The number of alkyl halides is 1. The number of piperidine rings is 1. The number of halogens is 1. The average Bonchev–Trinajstić information content (AvgIpc) is 2.40. The smallest absolute Gasteiger partial charge is 0.140 e. The van der Waals surface area contributed by atoms with E-state index in [2.05, 4.69) is 5.32 Å². The van der Waals surface area contributed by atoms with E-state index in [1.165, 1.54) is 0 Å².